The molecule has 1 aliphatic rings. The number of benzene rings is 1. The number of carbonyl (C=O) groups is 3. The van der Waals surface area contributed by atoms with Crippen LogP contribution in [0.25, 0.3) is 0 Å². The van der Waals surface area contributed by atoms with Crippen molar-refractivity contribution < 1.29 is 19.1 Å². The highest BCUT2D eigenvalue weighted by Gasteiger charge is 2.34. The summed E-state index contributed by atoms with van der Waals surface area (Å²) in [5.74, 6) is -1.13. The van der Waals surface area contributed by atoms with Crippen LogP contribution in [0.5, 0.6) is 0 Å². The van der Waals surface area contributed by atoms with Gasteiger partial charge < -0.3 is 20.7 Å². The third kappa shape index (κ3) is 8.26. The van der Waals surface area contributed by atoms with Crippen LogP contribution in [0, 0.1) is 5.92 Å². The number of piperidine rings is 1. The molecule has 178 valence electrons. The van der Waals surface area contributed by atoms with Crippen molar-refractivity contribution >= 4 is 17.8 Å². The fourth-order valence-corrected chi connectivity index (χ4v) is 3.70. The lowest BCUT2D eigenvalue weighted by Gasteiger charge is -2.30. The van der Waals surface area contributed by atoms with Crippen molar-refractivity contribution in [2.75, 3.05) is 6.54 Å². The van der Waals surface area contributed by atoms with Gasteiger partial charge in [0.1, 0.15) is 17.7 Å². The molecular weight excluding hydrogens is 406 g/mol. The monoisotopic (exact) mass is 445 g/mol. The van der Waals surface area contributed by atoms with Crippen LogP contribution in [0.15, 0.2) is 30.3 Å². The van der Waals surface area contributed by atoms with E-state index in [0.29, 0.717) is 12.8 Å². The number of ether oxygens (including phenoxy) is 1. The van der Waals surface area contributed by atoms with Gasteiger partial charge in [-0.15, -0.1) is 0 Å². The first kappa shape index (κ1) is 25.8. The van der Waals surface area contributed by atoms with Gasteiger partial charge in [0.25, 0.3) is 0 Å². The van der Waals surface area contributed by atoms with E-state index in [4.69, 9.17) is 4.74 Å². The van der Waals surface area contributed by atoms with E-state index in [1.807, 2.05) is 44.2 Å². The molecule has 1 aromatic rings. The predicted octanol–water partition coefficient (Wildman–Crippen LogP) is 2.73. The smallest absolute Gasteiger partial charge is 0.329 e. The van der Waals surface area contributed by atoms with Crippen LogP contribution in [0.2, 0.25) is 0 Å². The molecule has 1 aromatic carbocycles. The summed E-state index contributed by atoms with van der Waals surface area (Å²) in [6, 6.07) is 7.68. The van der Waals surface area contributed by atoms with Crippen LogP contribution in [0.4, 0.5) is 0 Å². The van der Waals surface area contributed by atoms with Gasteiger partial charge in [-0.1, -0.05) is 57.0 Å². The minimum atomic E-state index is -0.789. The third-order valence-corrected chi connectivity index (χ3v) is 5.71. The quantitative estimate of drug-likeness (QED) is 0.508. The van der Waals surface area contributed by atoms with Crippen LogP contribution in [-0.2, 0) is 25.5 Å². The molecule has 1 fully saturated rings. The molecule has 7 nitrogen and oxygen atoms in total. The summed E-state index contributed by atoms with van der Waals surface area (Å²) in [6.45, 7) is 10.1. The lowest BCUT2D eigenvalue weighted by molar-refractivity contribution is -0.160. The highest BCUT2D eigenvalue weighted by molar-refractivity contribution is 5.92. The number of hydrogen-bond acceptors (Lipinski definition) is 5. The summed E-state index contributed by atoms with van der Waals surface area (Å²) in [6.07, 6.45) is 3.82. The van der Waals surface area contributed by atoms with Gasteiger partial charge in [0.2, 0.25) is 11.8 Å². The van der Waals surface area contributed by atoms with Crippen molar-refractivity contribution in [1.29, 1.82) is 0 Å². The average molecular weight is 446 g/mol. The van der Waals surface area contributed by atoms with Gasteiger partial charge in [0.15, 0.2) is 0 Å². The second kappa shape index (κ2) is 12.0. The molecule has 0 radical (unpaired) electrons. The minimum absolute atomic E-state index is 0.109. The summed E-state index contributed by atoms with van der Waals surface area (Å²) in [5.41, 5.74) is 0.277. The second-order valence-corrected chi connectivity index (χ2v) is 9.66. The standard InChI is InChI=1S/C25H39N3O4/c1-6-17(2)21(24(31)32-25(3,4)5)28-23(30)20(16-18-12-8-7-9-13-18)27-22(29)19-14-10-11-15-26-19/h7-9,12-13,17,19-21,26H,6,10-11,14-16H2,1-5H3,(H,27,29)(H,28,30)/t17?,19-,20-,21-/m0/s1. The normalized spacial score (nSPS) is 19.3. The van der Waals surface area contributed by atoms with Crippen LogP contribution >= 0.6 is 0 Å². The highest BCUT2D eigenvalue weighted by atomic mass is 16.6. The van der Waals surface area contributed by atoms with E-state index in [0.717, 1.165) is 31.4 Å². The molecule has 3 N–H and O–H groups in total. The molecule has 0 saturated carbocycles. The molecule has 0 aromatic heterocycles. The molecule has 1 aliphatic heterocycles. The van der Waals surface area contributed by atoms with Crippen molar-refractivity contribution in [3.63, 3.8) is 0 Å². The van der Waals surface area contributed by atoms with Gasteiger partial charge in [-0.2, -0.15) is 0 Å². The maximum Gasteiger partial charge on any atom is 0.329 e. The predicted molar refractivity (Wildman–Crippen MR) is 125 cm³/mol. The Morgan fingerprint density at radius 2 is 1.81 bits per heavy atom. The van der Waals surface area contributed by atoms with E-state index in [-0.39, 0.29) is 23.8 Å². The van der Waals surface area contributed by atoms with Crippen LogP contribution in [-0.4, -0.2) is 48.1 Å². The number of nitrogens with one attached hydrogen (secondary N) is 3. The molecule has 32 heavy (non-hydrogen) atoms. The van der Waals surface area contributed by atoms with Gasteiger partial charge in [-0.05, 0) is 51.6 Å². The van der Waals surface area contributed by atoms with Crippen LogP contribution < -0.4 is 16.0 Å². The van der Waals surface area contributed by atoms with Crippen molar-refractivity contribution in [1.82, 2.24) is 16.0 Å². The summed E-state index contributed by atoms with van der Waals surface area (Å²) in [5, 5.41) is 9.01. The summed E-state index contributed by atoms with van der Waals surface area (Å²) in [7, 11) is 0. The summed E-state index contributed by atoms with van der Waals surface area (Å²) < 4.78 is 5.55. The molecule has 0 spiro atoms. The Balaban J connectivity index is 2.18. The Morgan fingerprint density at radius 1 is 1.12 bits per heavy atom. The second-order valence-electron chi connectivity index (χ2n) is 9.66. The molecule has 2 rings (SSSR count). The first-order chi connectivity index (χ1) is 15.1. The van der Waals surface area contributed by atoms with Gasteiger partial charge in [-0.3, -0.25) is 9.59 Å². The summed E-state index contributed by atoms with van der Waals surface area (Å²) >= 11 is 0. The molecule has 0 bridgehead atoms. The Hall–Kier alpha value is -2.41. The molecule has 4 atom stereocenters. The first-order valence-electron chi connectivity index (χ1n) is 11.7. The van der Waals surface area contributed by atoms with Crippen LogP contribution in [0.3, 0.4) is 0 Å². The fourth-order valence-electron chi connectivity index (χ4n) is 3.70. The SMILES string of the molecule is CCC(C)[C@H](NC(=O)[C@H](Cc1ccccc1)NC(=O)[C@@H]1CCCCN1)C(=O)OC(C)(C)C. The Labute approximate surface area is 192 Å². The number of amides is 2. The lowest BCUT2D eigenvalue weighted by Crippen LogP contribution is -2.57. The number of esters is 1. The van der Waals surface area contributed by atoms with Gasteiger partial charge in [0.05, 0.1) is 6.04 Å². The zero-order chi connectivity index (χ0) is 23.7. The van der Waals surface area contributed by atoms with E-state index in [9.17, 15) is 14.4 Å². The van der Waals surface area contributed by atoms with Crippen LogP contribution in [0.1, 0.15) is 65.9 Å². The van der Waals surface area contributed by atoms with Crippen molar-refractivity contribution in [3.05, 3.63) is 35.9 Å². The van der Waals surface area contributed by atoms with Crippen molar-refractivity contribution in [3.8, 4) is 0 Å². The maximum absolute atomic E-state index is 13.3. The first-order valence-corrected chi connectivity index (χ1v) is 11.7. The zero-order valence-electron chi connectivity index (χ0n) is 20.1. The Bertz CT molecular complexity index is 754. The molecule has 1 heterocycles. The molecular formula is C25H39N3O4. The number of rotatable bonds is 9. The summed E-state index contributed by atoms with van der Waals surface area (Å²) in [4.78, 5) is 39.0. The van der Waals surface area contributed by atoms with E-state index < -0.39 is 23.7 Å². The molecule has 1 unspecified atom stereocenters. The van der Waals surface area contributed by atoms with E-state index in [2.05, 4.69) is 16.0 Å². The maximum atomic E-state index is 13.3. The van der Waals surface area contributed by atoms with E-state index in [1.54, 1.807) is 20.8 Å². The van der Waals surface area contributed by atoms with Gasteiger partial charge in [0, 0.05) is 6.42 Å². The zero-order valence-corrected chi connectivity index (χ0v) is 20.1. The minimum Gasteiger partial charge on any atom is -0.458 e. The highest BCUT2D eigenvalue weighted by Crippen LogP contribution is 2.16. The fraction of sp³-hybridized carbons (Fsp3) is 0.640. The third-order valence-electron chi connectivity index (χ3n) is 5.71. The number of carbonyl (C=O) groups excluding carboxylic acids is 3. The number of hydrogen-bond donors (Lipinski definition) is 3. The van der Waals surface area contributed by atoms with E-state index in [1.165, 1.54) is 0 Å². The molecule has 0 aliphatic carbocycles. The van der Waals surface area contributed by atoms with Gasteiger partial charge >= 0.3 is 5.97 Å². The van der Waals surface area contributed by atoms with Crippen molar-refractivity contribution in [2.24, 2.45) is 5.92 Å². The molecule has 7 heteroatoms. The molecule has 2 amide bonds. The molecule has 1 saturated heterocycles. The Kier molecular flexibility index (Phi) is 9.69. The lowest BCUT2D eigenvalue weighted by atomic mass is 9.97. The van der Waals surface area contributed by atoms with Crippen molar-refractivity contribution in [2.45, 2.75) is 90.4 Å². The largest absolute Gasteiger partial charge is 0.458 e. The Morgan fingerprint density at radius 3 is 2.38 bits per heavy atom. The van der Waals surface area contributed by atoms with Gasteiger partial charge in [-0.25, -0.2) is 4.79 Å². The van der Waals surface area contributed by atoms with E-state index >= 15 is 0 Å². The topological polar surface area (TPSA) is 96.5 Å². The average Bonchev–Trinajstić information content (AvgIpc) is 2.76.